The molecule has 0 amide bonds. The van der Waals surface area contributed by atoms with Crippen molar-refractivity contribution in [2.75, 3.05) is 0 Å². The molecule has 1 aliphatic rings. The van der Waals surface area contributed by atoms with Gasteiger partial charge in [-0.25, -0.2) is 0 Å². The van der Waals surface area contributed by atoms with Gasteiger partial charge in [0.2, 0.25) is 0 Å². The molecule has 1 saturated carbocycles. The van der Waals surface area contributed by atoms with Gasteiger partial charge in [-0.2, -0.15) is 0 Å². The zero-order valence-corrected chi connectivity index (χ0v) is 4.99. The van der Waals surface area contributed by atoms with E-state index in [1.165, 1.54) is 12.8 Å². The van der Waals surface area contributed by atoms with Crippen molar-refractivity contribution in [3.63, 3.8) is 0 Å². The second kappa shape index (κ2) is 0.754. The molecule has 0 nitrogen and oxygen atoms in total. The van der Waals surface area contributed by atoms with Crippen LogP contribution < -0.4 is 0 Å². The summed E-state index contributed by atoms with van der Waals surface area (Å²) in [6.07, 6.45) is 3.03. The first-order valence-electron chi connectivity index (χ1n) is 1.65. The summed E-state index contributed by atoms with van der Waals surface area (Å²) in [7, 11) is 0. The average molecular weight is 118 g/mol. The van der Waals surface area contributed by atoms with Gasteiger partial charge in [-0.15, -0.1) is 0 Å². The zero-order valence-electron chi connectivity index (χ0n) is 2.57. The predicted molar refractivity (Wildman–Crippen MR) is 21.5 cm³/mol. The van der Waals surface area contributed by atoms with Gasteiger partial charge in [0.1, 0.15) is 0 Å². The molecule has 0 aromatic rings. The number of rotatable bonds is 0. The SMILES string of the molecule is [AsH2]C1CC1. The fourth-order valence-corrected chi connectivity index (χ4v) is 0.500. The van der Waals surface area contributed by atoms with Gasteiger partial charge in [-0.3, -0.25) is 0 Å². The molecule has 0 bridgehead atoms. The van der Waals surface area contributed by atoms with Crippen molar-refractivity contribution in [2.45, 2.75) is 17.5 Å². The molecule has 1 aliphatic carbocycles. The Morgan fingerprint density at radius 3 is 1.75 bits per heavy atom. The first-order chi connectivity index (χ1) is 1.89. The number of hydrogen-bond donors (Lipinski definition) is 0. The molecule has 0 saturated heterocycles. The molecule has 0 aromatic carbocycles. The maximum absolute atomic E-state index is 1.91. The third-order valence-electron chi connectivity index (χ3n) is 0.622. The Labute approximate surface area is 35.1 Å². The van der Waals surface area contributed by atoms with E-state index >= 15 is 0 Å². The summed E-state index contributed by atoms with van der Waals surface area (Å²) in [5.41, 5.74) is 0. The van der Waals surface area contributed by atoms with E-state index in [1.807, 2.05) is 16.9 Å². The van der Waals surface area contributed by atoms with Gasteiger partial charge in [0.05, 0.1) is 0 Å². The topological polar surface area (TPSA) is 0 Å². The molecular formula is C3H7As. The molecule has 0 N–H and O–H groups in total. The van der Waals surface area contributed by atoms with Crippen molar-refractivity contribution < 1.29 is 0 Å². The molecule has 1 heteroatoms. The van der Waals surface area contributed by atoms with E-state index in [0.29, 0.717) is 0 Å². The van der Waals surface area contributed by atoms with E-state index in [4.69, 9.17) is 0 Å². The summed E-state index contributed by atoms with van der Waals surface area (Å²) in [4.78, 5) is 0. The number of hydrogen-bond acceptors (Lipinski definition) is 0. The van der Waals surface area contributed by atoms with Crippen LogP contribution in [0.15, 0.2) is 0 Å². The Bertz CT molecular complexity index is 22.5. The van der Waals surface area contributed by atoms with Crippen LogP contribution >= 0.6 is 0 Å². The summed E-state index contributed by atoms with van der Waals surface area (Å²) in [6, 6.07) is 0. The average Bonchev–Trinajstić information content (AvgIpc) is 1.75. The van der Waals surface area contributed by atoms with Gasteiger partial charge in [-0.1, -0.05) is 0 Å². The van der Waals surface area contributed by atoms with Crippen molar-refractivity contribution in [3.8, 4) is 0 Å². The van der Waals surface area contributed by atoms with E-state index < -0.39 is 0 Å². The van der Waals surface area contributed by atoms with E-state index in [1.54, 1.807) is 0 Å². The fourth-order valence-electron chi connectivity index (χ4n) is 0.0962. The molecule has 0 radical (unpaired) electrons. The monoisotopic (exact) mass is 118 g/mol. The molecule has 1 fully saturated rings. The third kappa shape index (κ3) is 0.491. The maximum atomic E-state index is 1.91. The third-order valence-corrected chi connectivity index (χ3v) is 2.02. The van der Waals surface area contributed by atoms with Crippen LogP contribution in [-0.4, -0.2) is 16.9 Å². The Balaban J connectivity index is 2.17. The molecule has 1 rings (SSSR count). The summed E-state index contributed by atoms with van der Waals surface area (Å²) < 4.78 is 1.15. The van der Waals surface area contributed by atoms with Crippen LogP contribution in [-0.2, 0) is 0 Å². The molecule has 0 aromatic heterocycles. The minimum absolute atomic E-state index is 1.15. The van der Waals surface area contributed by atoms with Crippen LogP contribution in [0, 0.1) is 0 Å². The molecule has 1 atom stereocenters. The molecule has 24 valence electrons. The van der Waals surface area contributed by atoms with Crippen LogP contribution in [0.25, 0.3) is 0 Å². The van der Waals surface area contributed by atoms with E-state index in [0.717, 1.165) is 4.71 Å². The van der Waals surface area contributed by atoms with Crippen LogP contribution in [0.3, 0.4) is 0 Å². The predicted octanol–water partition coefficient (Wildman–Crippen LogP) is 0.202. The van der Waals surface area contributed by atoms with E-state index in [9.17, 15) is 0 Å². The molecule has 0 aliphatic heterocycles. The van der Waals surface area contributed by atoms with Gasteiger partial charge in [0, 0.05) is 0 Å². The van der Waals surface area contributed by atoms with Crippen molar-refractivity contribution in [1.82, 2.24) is 0 Å². The van der Waals surface area contributed by atoms with Crippen LogP contribution in [0.4, 0.5) is 0 Å². The van der Waals surface area contributed by atoms with Crippen LogP contribution in [0.1, 0.15) is 12.8 Å². The second-order valence-corrected chi connectivity index (χ2v) is 3.32. The Kier molecular flexibility index (Phi) is 0.524. The summed E-state index contributed by atoms with van der Waals surface area (Å²) in [6.45, 7) is 0. The fraction of sp³-hybridized carbons (Fsp3) is 1.00. The molecule has 0 heterocycles. The van der Waals surface area contributed by atoms with Gasteiger partial charge in [-0.05, 0) is 0 Å². The van der Waals surface area contributed by atoms with Crippen LogP contribution in [0.2, 0.25) is 4.71 Å². The molecule has 0 spiro atoms. The van der Waals surface area contributed by atoms with Gasteiger partial charge >= 0.3 is 34.4 Å². The Hall–Kier alpha value is 0.558. The van der Waals surface area contributed by atoms with Crippen molar-refractivity contribution in [3.05, 3.63) is 0 Å². The summed E-state index contributed by atoms with van der Waals surface area (Å²) >= 11 is 1.91. The van der Waals surface area contributed by atoms with Crippen molar-refractivity contribution in [2.24, 2.45) is 0 Å². The Morgan fingerprint density at radius 2 is 1.75 bits per heavy atom. The van der Waals surface area contributed by atoms with Crippen molar-refractivity contribution >= 4 is 16.9 Å². The van der Waals surface area contributed by atoms with Gasteiger partial charge < -0.3 is 0 Å². The van der Waals surface area contributed by atoms with E-state index in [2.05, 4.69) is 0 Å². The van der Waals surface area contributed by atoms with Crippen LogP contribution in [0.5, 0.6) is 0 Å². The molecule has 4 heavy (non-hydrogen) atoms. The van der Waals surface area contributed by atoms with Gasteiger partial charge in [0.15, 0.2) is 0 Å². The quantitative estimate of drug-likeness (QED) is 0.398. The second-order valence-electron chi connectivity index (χ2n) is 1.34. The standard InChI is InChI=1S/C3H7As/c4-3-1-2-3/h3H,1-2,4H2. The first-order valence-corrected chi connectivity index (χ1v) is 3.05. The van der Waals surface area contributed by atoms with E-state index in [-0.39, 0.29) is 0 Å². The summed E-state index contributed by atoms with van der Waals surface area (Å²) in [5, 5.41) is 0. The first kappa shape index (κ1) is 2.78. The van der Waals surface area contributed by atoms with Gasteiger partial charge in [0.25, 0.3) is 0 Å². The Morgan fingerprint density at radius 1 is 1.50 bits per heavy atom. The zero-order chi connectivity index (χ0) is 2.99. The normalized spacial score (nSPS) is 26.2. The van der Waals surface area contributed by atoms with Crippen molar-refractivity contribution in [1.29, 1.82) is 0 Å². The summed E-state index contributed by atoms with van der Waals surface area (Å²) in [5.74, 6) is 0. The molecule has 1 unspecified atom stereocenters. The minimum atomic E-state index is 1.15. The molecular weight excluding hydrogens is 111 g/mol.